The fourth-order valence-electron chi connectivity index (χ4n) is 4.86. The number of rotatable bonds is 12. The van der Waals surface area contributed by atoms with E-state index in [1.807, 2.05) is 72.1 Å². The van der Waals surface area contributed by atoms with Gasteiger partial charge in [0, 0.05) is 16.8 Å². The van der Waals surface area contributed by atoms with Crippen LogP contribution in [0, 0.1) is 0 Å². The van der Waals surface area contributed by atoms with Crippen LogP contribution >= 0.6 is 11.3 Å². The molecule has 1 fully saturated rings. The van der Waals surface area contributed by atoms with Gasteiger partial charge >= 0.3 is 23.7 Å². The molecule has 3 unspecified atom stereocenters. The lowest BCUT2D eigenvalue weighted by Gasteiger charge is -2.35. The van der Waals surface area contributed by atoms with E-state index in [2.05, 4.69) is 0 Å². The molecule has 0 spiro atoms. The molecule has 1 aliphatic rings. The number of ether oxygens (including phenoxy) is 2. The van der Waals surface area contributed by atoms with Crippen LogP contribution in [0.25, 0.3) is 10.4 Å². The van der Waals surface area contributed by atoms with E-state index >= 15 is 0 Å². The monoisotopic (exact) mass is 567 g/mol. The van der Waals surface area contributed by atoms with E-state index < -0.39 is 54.9 Å². The summed E-state index contributed by atoms with van der Waals surface area (Å²) < 4.78 is 10.0. The molecule has 3 atom stereocenters. The number of amides is 1. The van der Waals surface area contributed by atoms with Crippen LogP contribution < -0.4 is 0 Å². The molecule has 2 heterocycles. The Morgan fingerprint density at radius 3 is 2.20 bits per heavy atom. The van der Waals surface area contributed by atoms with Gasteiger partial charge < -0.3 is 29.7 Å². The van der Waals surface area contributed by atoms with Crippen LogP contribution in [0.4, 0.5) is 0 Å². The van der Waals surface area contributed by atoms with Gasteiger partial charge in [0.15, 0.2) is 6.10 Å². The zero-order valence-electron chi connectivity index (χ0n) is 21.6. The summed E-state index contributed by atoms with van der Waals surface area (Å²) in [6, 6.07) is 20.9. The first kappa shape index (κ1) is 28.9. The Balaban J connectivity index is 1.64. The topological polar surface area (TPSA) is 151 Å². The maximum Gasteiger partial charge on any atom is 0.377 e. The molecule has 11 heteroatoms. The van der Waals surface area contributed by atoms with Crippen molar-refractivity contribution in [2.24, 2.45) is 0 Å². The summed E-state index contributed by atoms with van der Waals surface area (Å²) in [4.78, 5) is 50.8. The molecule has 1 amide bonds. The number of thiophene rings is 1. The number of hydrogen-bond acceptors (Lipinski definition) is 7. The molecule has 2 aromatic carbocycles. The number of carbonyl (C=O) groups excluding carboxylic acids is 1. The minimum Gasteiger partial charge on any atom is -0.480 e. The lowest BCUT2D eigenvalue weighted by atomic mass is 9.85. The van der Waals surface area contributed by atoms with Crippen LogP contribution in [0.1, 0.15) is 30.4 Å². The molecule has 1 aromatic heterocycles. The lowest BCUT2D eigenvalue weighted by molar-refractivity contribution is -0.218. The number of carboxylic acids is 3. The molecule has 1 aliphatic heterocycles. The molecule has 0 radical (unpaired) electrons. The first-order valence-electron chi connectivity index (χ1n) is 12.6. The molecule has 1 saturated heterocycles. The average Bonchev–Trinajstić information content (AvgIpc) is 3.64. The largest absolute Gasteiger partial charge is 0.480 e. The van der Waals surface area contributed by atoms with E-state index in [4.69, 9.17) is 9.47 Å². The Hall–Kier alpha value is -4.06. The maximum absolute atomic E-state index is 13.5. The molecular weight excluding hydrogens is 538 g/mol. The molecule has 0 saturated carbocycles. The van der Waals surface area contributed by atoms with Crippen molar-refractivity contribution in [3.63, 3.8) is 0 Å². The van der Waals surface area contributed by atoms with E-state index in [0.717, 1.165) is 26.5 Å². The van der Waals surface area contributed by atoms with Gasteiger partial charge in [-0.1, -0.05) is 60.7 Å². The maximum atomic E-state index is 13.5. The second-order valence-electron chi connectivity index (χ2n) is 9.47. The van der Waals surface area contributed by atoms with Crippen LogP contribution in [0.2, 0.25) is 0 Å². The SMILES string of the molecule is CC(C(CCc1ccccc1)c1ccc(-c2cccs2)cc1)N(CC(=O)O)C(=O)C1COC(C(=O)O)(C(=O)O)O1. The van der Waals surface area contributed by atoms with Crippen LogP contribution in [0.3, 0.4) is 0 Å². The third-order valence-electron chi connectivity index (χ3n) is 6.98. The van der Waals surface area contributed by atoms with Crippen molar-refractivity contribution in [1.29, 1.82) is 0 Å². The third kappa shape index (κ3) is 6.22. The highest BCUT2D eigenvalue weighted by molar-refractivity contribution is 7.13. The van der Waals surface area contributed by atoms with E-state index in [9.17, 15) is 34.5 Å². The Morgan fingerprint density at radius 2 is 1.65 bits per heavy atom. The van der Waals surface area contributed by atoms with Crippen LogP contribution in [0.5, 0.6) is 0 Å². The zero-order chi connectivity index (χ0) is 28.9. The standard InChI is InChI=1S/C29H29NO9S/c1-18(30(16-25(31)32)26(33)23-17-38-29(39-23,27(34)35)28(36)37)22(14-9-19-6-3-2-4-7-19)20-10-12-21(13-11-20)24-8-5-15-40-24/h2-8,10-13,15,18,22-23H,9,14,16-17H2,1H3,(H,31,32)(H,34,35)(H,36,37). The fraction of sp³-hybridized carbons (Fsp3) is 0.310. The predicted octanol–water partition coefficient (Wildman–Crippen LogP) is 3.71. The quantitative estimate of drug-likeness (QED) is 0.278. The molecule has 210 valence electrons. The van der Waals surface area contributed by atoms with Gasteiger partial charge in [0.2, 0.25) is 0 Å². The van der Waals surface area contributed by atoms with Crippen molar-refractivity contribution in [2.75, 3.05) is 13.2 Å². The van der Waals surface area contributed by atoms with Gasteiger partial charge in [0.1, 0.15) is 6.54 Å². The van der Waals surface area contributed by atoms with Gasteiger partial charge in [-0.25, -0.2) is 9.59 Å². The molecule has 4 rings (SSSR count). The minimum atomic E-state index is -3.04. The number of nitrogens with zero attached hydrogens (tertiary/aromatic N) is 1. The van der Waals surface area contributed by atoms with Gasteiger partial charge in [-0.2, -0.15) is 0 Å². The number of hydrogen-bond donors (Lipinski definition) is 3. The molecule has 0 bridgehead atoms. The van der Waals surface area contributed by atoms with Crippen LogP contribution in [-0.2, 0) is 35.1 Å². The second kappa shape index (κ2) is 12.4. The van der Waals surface area contributed by atoms with E-state index in [0.29, 0.717) is 12.8 Å². The summed E-state index contributed by atoms with van der Waals surface area (Å²) in [6.07, 6.45) is -0.379. The summed E-state index contributed by atoms with van der Waals surface area (Å²) in [7, 11) is 0. The van der Waals surface area contributed by atoms with Crippen molar-refractivity contribution in [2.45, 2.75) is 43.6 Å². The first-order chi connectivity index (χ1) is 19.1. The number of carbonyl (C=O) groups is 4. The third-order valence-corrected chi connectivity index (χ3v) is 7.90. The fourth-order valence-corrected chi connectivity index (χ4v) is 5.59. The summed E-state index contributed by atoms with van der Waals surface area (Å²) in [5, 5.41) is 30.4. The minimum absolute atomic E-state index is 0.313. The molecule has 3 aromatic rings. The number of aryl methyl sites for hydroxylation is 1. The van der Waals surface area contributed by atoms with Crippen LogP contribution in [-0.4, -0.2) is 75.1 Å². The van der Waals surface area contributed by atoms with Gasteiger partial charge in [-0.15, -0.1) is 11.3 Å². The normalized spacial score (nSPS) is 17.6. The first-order valence-corrected chi connectivity index (χ1v) is 13.5. The summed E-state index contributed by atoms with van der Waals surface area (Å²) >= 11 is 1.61. The predicted molar refractivity (Wildman–Crippen MR) is 145 cm³/mol. The number of aliphatic carboxylic acids is 3. The van der Waals surface area contributed by atoms with Crippen LogP contribution in [0.15, 0.2) is 72.1 Å². The molecule has 0 aliphatic carbocycles. The zero-order valence-corrected chi connectivity index (χ0v) is 22.5. The molecule has 3 N–H and O–H groups in total. The Morgan fingerprint density at radius 1 is 0.975 bits per heavy atom. The lowest BCUT2D eigenvalue weighted by Crippen LogP contribution is -2.52. The van der Waals surface area contributed by atoms with Crippen molar-refractivity contribution in [3.8, 4) is 10.4 Å². The Kier molecular flexibility index (Phi) is 8.98. The molecule has 10 nitrogen and oxygen atoms in total. The van der Waals surface area contributed by atoms with Gasteiger partial charge in [-0.05, 0) is 47.9 Å². The average molecular weight is 568 g/mol. The number of carboxylic acid groups (broad SMARTS) is 3. The highest BCUT2D eigenvalue weighted by Gasteiger charge is 2.58. The molecule has 40 heavy (non-hydrogen) atoms. The van der Waals surface area contributed by atoms with Crippen molar-refractivity contribution in [1.82, 2.24) is 4.90 Å². The smallest absolute Gasteiger partial charge is 0.377 e. The Bertz CT molecular complexity index is 1330. The highest BCUT2D eigenvalue weighted by atomic mass is 32.1. The summed E-state index contributed by atoms with van der Waals surface area (Å²) in [5.74, 6) is -9.33. The molecular formula is C29H29NO9S. The van der Waals surface area contributed by atoms with E-state index in [1.54, 1.807) is 18.3 Å². The van der Waals surface area contributed by atoms with Crippen molar-refractivity contribution in [3.05, 3.63) is 83.2 Å². The van der Waals surface area contributed by atoms with E-state index in [1.165, 1.54) is 0 Å². The van der Waals surface area contributed by atoms with Gasteiger partial charge in [0.25, 0.3) is 5.91 Å². The van der Waals surface area contributed by atoms with Gasteiger partial charge in [-0.3, -0.25) is 9.59 Å². The van der Waals surface area contributed by atoms with Crippen molar-refractivity contribution >= 4 is 35.2 Å². The number of benzene rings is 2. The van der Waals surface area contributed by atoms with Crippen molar-refractivity contribution < 1.29 is 44.0 Å². The highest BCUT2D eigenvalue weighted by Crippen LogP contribution is 2.33. The second-order valence-corrected chi connectivity index (χ2v) is 10.4. The Labute approximate surface area is 234 Å². The van der Waals surface area contributed by atoms with E-state index in [-0.39, 0.29) is 5.92 Å². The van der Waals surface area contributed by atoms with Gasteiger partial charge in [0.05, 0.1) is 6.61 Å². The summed E-state index contributed by atoms with van der Waals surface area (Å²) in [5.41, 5.74) is 2.99. The summed E-state index contributed by atoms with van der Waals surface area (Å²) in [6.45, 7) is 0.383.